The summed E-state index contributed by atoms with van der Waals surface area (Å²) in [6.07, 6.45) is -1.20. The van der Waals surface area contributed by atoms with Gasteiger partial charge in [0.25, 0.3) is 0 Å². The molecule has 0 aromatic carbocycles. The first-order chi connectivity index (χ1) is 12.0. The second-order valence-electron chi connectivity index (χ2n) is 6.10. The van der Waals surface area contributed by atoms with E-state index in [2.05, 4.69) is 10.6 Å². The zero-order valence-electron chi connectivity index (χ0n) is 14.6. The van der Waals surface area contributed by atoms with Crippen LogP contribution >= 0.6 is 0 Å². The number of nitrogens with one attached hydrogen (secondary N) is 2. The van der Waals surface area contributed by atoms with Crippen molar-refractivity contribution in [2.24, 2.45) is 11.7 Å². The van der Waals surface area contributed by atoms with Crippen LogP contribution in [0.2, 0.25) is 0 Å². The molecular formula is C15H25N3O8. The molecule has 148 valence electrons. The first-order valence-electron chi connectivity index (χ1n) is 7.98. The Morgan fingerprint density at radius 1 is 0.846 bits per heavy atom. The molecule has 0 aromatic heterocycles. The zero-order chi connectivity index (χ0) is 20.4. The van der Waals surface area contributed by atoms with Crippen LogP contribution < -0.4 is 16.4 Å². The summed E-state index contributed by atoms with van der Waals surface area (Å²) >= 11 is 0. The Labute approximate surface area is 149 Å². The Hall–Kier alpha value is -2.69. The van der Waals surface area contributed by atoms with Crippen LogP contribution in [0.1, 0.15) is 39.5 Å². The largest absolute Gasteiger partial charge is 0.481 e. The molecule has 0 aromatic rings. The Balaban J connectivity index is 4.92. The molecule has 0 saturated carbocycles. The predicted octanol–water partition coefficient (Wildman–Crippen LogP) is -1.25. The van der Waals surface area contributed by atoms with Gasteiger partial charge in [-0.05, 0) is 18.8 Å². The number of hydrogen-bond donors (Lipinski definition) is 6. The van der Waals surface area contributed by atoms with Gasteiger partial charge in [0.2, 0.25) is 11.8 Å². The van der Waals surface area contributed by atoms with E-state index in [9.17, 15) is 24.0 Å². The van der Waals surface area contributed by atoms with Crippen LogP contribution in [-0.4, -0.2) is 63.2 Å². The van der Waals surface area contributed by atoms with E-state index in [-0.39, 0.29) is 19.3 Å². The first-order valence-corrected chi connectivity index (χ1v) is 7.98. The summed E-state index contributed by atoms with van der Waals surface area (Å²) in [4.78, 5) is 56.5. The molecule has 0 spiro atoms. The minimum absolute atomic E-state index is 0.121. The van der Waals surface area contributed by atoms with Crippen LogP contribution in [0, 0.1) is 5.92 Å². The van der Waals surface area contributed by atoms with Gasteiger partial charge < -0.3 is 31.7 Å². The van der Waals surface area contributed by atoms with Gasteiger partial charge in [0.15, 0.2) is 0 Å². The van der Waals surface area contributed by atoms with E-state index < -0.39 is 60.2 Å². The van der Waals surface area contributed by atoms with Crippen molar-refractivity contribution < 1.29 is 39.3 Å². The summed E-state index contributed by atoms with van der Waals surface area (Å²) in [5.74, 6) is -5.67. The predicted molar refractivity (Wildman–Crippen MR) is 88.1 cm³/mol. The molecule has 0 saturated heterocycles. The van der Waals surface area contributed by atoms with Crippen LogP contribution in [0.3, 0.4) is 0 Å². The summed E-state index contributed by atoms with van der Waals surface area (Å²) in [6.45, 7) is 3.22. The average Bonchev–Trinajstić information content (AvgIpc) is 2.52. The third kappa shape index (κ3) is 8.97. The second-order valence-corrected chi connectivity index (χ2v) is 6.10. The highest BCUT2D eigenvalue weighted by molar-refractivity contribution is 5.92. The normalized spacial score (nSPS) is 14.2. The van der Waals surface area contributed by atoms with Gasteiger partial charge in [0.1, 0.15) is 12.1 Å². The van der Waals surface area contributed by atoms with E-state index in [0.717, 1.165) is 0 Å². The fourth-order valence-corrected chi connectivity index (χ4v) is 1.99. The molecule has 26 heavy (non-hydrogen) atoms. The standard InChI is InChI=1S/C15H25N3O8/c1-7(2)12(18-13(23)8(16)3-5-10(19)20)14(24)17-9(15(25)26)4-6-11(21)22/h7-9,12H,3-6,16H2,1-2H3,(H,17,24)(H,18,23)(H,19,20)(H,21,22)(H,25,26). The minimum atomic E-state index is -1.42. The van der Waals surface area contributed by atoms with Gasteiger partial charge in [-0.15, -0.1) is 0 Å². The van der Waals surface area contributed by atoms with Crippen molar-refractivity contribution in [3.8, 4) is 0 Å². The van der Waals surface area contributed by atoms with Crippen LogP contribution in [0.5, 0.6) is 0 Å². The Kier molecular flexibility index (Phi) is 9.89. The summed E-state index contributed by atoms with van der Waals surface area (Å²) in [5.41, 5.74) is 5.58. The molecule has 0 radical (unpaired) electrons. The van der Waals surface area contributed by atoms with Gasteiger partial charge in [0.05, 0.1) is 6.04 Å². The number of rotatable bonds is 12. The van der Waals surface area contributed by atoms with Crippen molar-refractivity contribution in [2.75, 3.05) is 0 Å². The lowest BCUT2D eigenvalue weighted by atomic mass is 10.0. The smallest absolute Gasteiger partial charge is 0.326 e. The fraction of sp³-hybridized carbons (Fsp3) is 0.667. The van der Waals surface area contributed by atoms with Gasteiger partial charge in [-0.25, -0.2) is 4.79 Å². The average molecular weight is 375 g/mol. The molecule has 11 heteroatoms. The summed E-state index contributed by atoms with van der Waals surface area (Å²) in [6, 6.07) is -3.66. The van der Waals surface area contributed by atoms with Gasteiger partial charge in [-0.3, -0.25) is 19.2 Å². The molecule has 11 nitrogen and oxygen atoms in total. The van der Waals surface area contributed by atoms with Gasteiger partial charge in [0, 0.05) is 12.8 Å². The second kappa shape index (κ2) is 11.0. The molecule has 0 aliphatic carbocycles. The monoisotopic (exact) mass is 375 g/mol. The quantitative estimate of drug-likeness (QED) is 0.241. The van der Waals surface area contributed by atoms with Crippen LogP contribution in [0.25, 0.3) is 0 Å². The molecule has 0 bridgehead atoms. The summed E-state index contributed by atoms with van der Waals surface area (Å²) in [5, 5.41) is 30.9. The molecule has 0 heterocycles. The van der Waals surface area contributed by atoms with E-state index in [4.69, 9.17) is 21.1 Å². The van der Waals surface area contributed by atoms with Gasteiger partial charge in [-0.1, -0.05) is 13.8 Å². The lowest BCUT2D eigenvalue weighted by Gasteiger charge is -2.25. The van der Waals surface area contributed by atoms with Crippen molar-refractivity contribution in [2.45, 2.75) is 57.7 Å². The third-order valence-electron chi connectivity index (χ3n) is 3.51. The molecule has 0 aliphatic rings. The number of nitrogens with two attached hydrogens (primary N) is 1. The lowest BCUT2D eigenvalue weighted by molar-refractivity contribution is -0.143. The SMILES string of the molecule is CC(C)C(NC(=O)C(N)CCC(=O)O)C(=O)NC(CCC(=O)O)C(=O)O. The number of carbonyl (C=O) groups is 5. The Morgan fingerprint density at radius 3 is 1.77 bits per heavy atom. The zero-order valence-corrected chi connectivity index (χ0v) is 14.6. The highest BCUT2D eigenvalue weighted by atomic mass is 16.4. The van der Waals surface area contributed by atoms with E-state index in [1.54, 1.807) is 13.8 Å². The third-order valence-corrected chi connectivity index (χ3v) is 3.51. The highest BCUT2D eigenvalue weighted by Gasteiger charge is 2.30. The number of hydrogen-bond acceptors (Lipinski definition) is 6. The molecule has 0 fully saturated rings. The number of amides is 2. The van der Waals surface area contributed by atoms with Crippen molar-refractivity contribution in [1.29, 1.82) is 0 Å². The van der Waals surface area contributed by atoms with Crippen LogP contribution in [-0.2, 0) is 24.0 Å². The number of carboxylic acids is 3. The highest BCUT2D eigenvalue weighted by Crippen LogP contribution is 2.06. The fourth-order valence-electron chi connectivity index (χ4n) is 1.99. The van der Waals surface area contributed by atoms with E-state index in [1.165, 1.54) is 0 Å². The first kappa shape index (κ1) is 23.3. The molecule has 0 rings (SSSR count). The van der Waals surface area contributed by atoms with E-state index >= 15 is 0 Å². The summed E-state index contributed by atoms with van der Waals surface area (Å²) in [7, 11) is 0. The Morgan fingerprint density at radius 2 is 1.35 bits per heavy atom. The maximum Gasteiger partial charge on any atom is 0.326 e. The summed E-state index contributed by atoms with van der Waals surface area (Å²) < 4.78 is 0. The molecule has 0 aliphatic heterocycles. The molecule has 7 N–H and O–H groups in total. The molecule has 2 amide bonds. The van der Waals surface area contributed by atoms with Crippen molar-refractivity contribution >= 4 is 29.7 Å². The Bertz CT molecular complexity index is 549. The molecular weight excluding hydrogens is 350 g/mol. The number of aliphatic carboxylic acids is 3. The van der Waals surface area contributed by atoms with E-state index in [1.807, 2.05) is 0 Å². The minimum Gasteiger partial charge on any atom is -0.481 e. The number of carbonyl (C=O) groups excluding carboxylic acids is 2. The lowest BCUT2D eigenvalue weighted by Crippen LogP contribution is -2.56. The van der Waals surface area contributed by atoms with Crippen molar-refractivity contribution in [1.82, 2.24) is 10.6 Å². The number of carboxylic acid groups (broad SMARTS) is 3. The van der Waals surface area contributed by atoms with Crippen molar-refractivity contribution in [3.05, 3.63) is 0 Å². The van der Waals surface area contributed by atoms with Gasteiger partial charge >= 0.3 is 17.9 Å². The maximum atomic E-state index is 12.3. The van der Waals surface area contributed by atoms with Crippen LogP contribution in [0.15, 0.2) is 0 Å². The van der Waals surface area contributed by atoms with E-state index in [0.29, 0.717) is 0 Å². The maximum absolute atomic E-state index is 12.3. The molecule has 3 unspecified atom stereocenters. The van der Waals surface area contributed by atoms with Crippen molar-refractivity contribution in [3.63, 3.8) is 0 Å². The van der Waals surface area contributed by atoms with Crippen LogP contribution in [0.4, 0.5) is 0 Å². The molecule has 3 atom stereocenters. The van der Waals surface area contributed by atoms with Gasteiger partial charge in [-0.2, -0.15) is 0 Å². The topological polar surface area (TPSA) is 196 Å².